The first-order valence-corrected chi connectivity index (χ1v) is 5.17. The predicted octanol–water partition coefficient (Wildman–Crippen LogP) is 2.27. The van der Waals surface area contributed by atoms with Crippen LogP contribution in [0.3, 0.4) is 0 Å². The van der Waals surface area contributed by atoms with Crippen LogP contribution in [-0.4, -0.2) is 13.2 Å². The third-order valence-corrected chi connectivity index (χ3v) is 2.26. The smallest absolute Gasteiger partial charge is 0.125 e. The van der Waals surface area contributed by atoms with E-state index in [1.807, 2.05) is 0 Å². The van der Waals surface area contributed by atoms with Crippen molar-refractivity contribution in [2.24, 2.45) is 5.90 Å². The monoisotopic (exact) mass is 209 g/mol. The van der Waals surface area contributed by atoms with Gasteiger partial charge in [-0.1, -0.05) is 17.7 Å². The number of rotatable bonds is 5. The largest absolute Gasteiger partial charge is 0.493 e. The van der Waals surface area contributed by atoms with E-state index in [1.165, 1.54) is 16.7 Å². The standard InChI is InChI=1S/C12H19NO2/c1-9-7-10(2)12(11(3)8-9)14-5-4-6-15-13/h7-8H,4-6,13H2,1-3H3. The van der Waals surface area contributed by atoms with Gasteiger partial charge in [0.05, 0.1) is 13.2 Å². The molecular formula is C12H19NO2. The van der Waals surface area contributed by atoms with Crippen LogP contribution in [0.15, 0.2) is 12.1 Å². The molecule has 0 fully saturated rings. The van der Waals surface area contributed by atoms with E-state index >= 15 is 0 Å². The lowest BCUT2D eigenvalue weighted by atomic mass is 10.1. The maximum absolute atomic E-state index is 5.69. The van der Waals surface area contributed by atoms with Gasteiger partial charge in [0.1, 0.15) is 5.75 Å². The summed E-state index contributed by atoms with van der Waals surface area (Å²) in [6, 6.07) is 4.25. The van der Waals surface area contributed by atoms with Gasteiger partial charge in [-0.05, 0) is 31.9 Å². The Morgan fingerprint density at radius 3 is 2.20 bits per heavy atom. The van der Waals surface area contributed by atoms with Gasteiger partial charge in [-0.3, -0.25) is 0 Å². The molecule has 1 aromatic rings. The van der Waals surface area contributed by atoms with Crippen molar-refractivity contribution in [2.75, 3.05) is 13.2 Å². The summed E-state index contributed by atoms with van der Waals surface area (Å²) < 4.78 is 5.69. The number of hydrogen-bond acceptors (Lipinski definition) is 3. The lowest BCUT2D eigenvalue weighted by Gasteiger charge is -2.12. The summed E-state index contributed by atoms with van der Waals surface area (Å²) in [6.07, 6.45) is 0.809. The van der Waals surface area contributed by atoms with Crippen molar-refractivity contribution >= 4 is 0 Å². The van der Waals surface area contributed by atoms with Crippen molar-refractivity contribution in [2.45, 2.75) is 27.2 Å². The average Bonchev–Trinajstić information content (AvgIpc) is 2.15. The average molecular weight is 209 g/mol. The van der Waals surface area contributed by atoms with Crippen molar-refractivity contribution in [1.82, 2.24) is 0 Å². The first-order valence-electron chi connectivity index (χ1n) is 5.17. The van der Waals surface area contributed by atoms with Crippen LogP contribution in [-0.2, 0) is 4.84 Å². The maximum Gasteiger partial charge on any atom is 0.125 e. The van der Waals surface area contributed by atoms with Gasteiger partial charge in [-0.25, -0.2) is 5.90 Å². The Balaban J connectivity index is 2.60. The molecule has 0 aliphatic rings. The molecule has 0 aliphatic heterocycles. The predicted molar refractivity (Wildman–Crippen MR) is 60.9 cm³/mol. The van der Waals surface area contributed by atoms with Gasteiger partial charge in [0.15, 0.2) is 0 Å². The molecule has 0 aliphatic carbocycles. The SMILES string of the molecule is Cc1cc(C)c(OCCCON)c(C)c1. The van der Waals surface area contributed by atoms with Gasteiger partial charge < -0.3 is 9.57 Å². The normalized spacial score (nSPS) is 10.4. The number of benzene rings is 1. The van der Waals surface area contributed by atoms with Crippen LogP contribution < -0.4 is 10.6 Å². The molecule has 0 unspecified atom stereocenters. The van der Waals surface area contributed by atoms with Crippen molar-refractivity contribution < 1.29 is 9.57 Å². The van der Waals surface area contributed by atoms with E-state index in [9.17, 15) is 0 Å². The highest BCUT2D eigenvalue weighted by Gasteiger charge is 2.04. The zero-order valence-corrected chi connectivity index (χ0v) is 9.67. The molecule has 0 radical (unpaired) electrons. The Hall–Kier alpha value is -1.06. The summed E-state index contributed by atoms with van der Waals surface area (Å²) in [7, 11) is 0. The molecule has 0 aromatic heterocycles. The second-order valence-corrected chi connectivity index (χ2v) is 3.80. The molecule has 15 heavy (non-hydrogen) atoms. The van der Waals surface area contributed by atoms with E-state index in [-0.39, 0.29) is 0 Å². The van der Waals surface area contributed by atoms with E-state index in [0.29, 0.717) is 13.2 Å². The molecule has 0 bridgehead atoms. The topological polar surface area (TPSA) is 44.5 Å². The summed E-state index contributed by atoms with van der Waals surface area (Å²) >= 11 is 0. The van der Waals surface area contributed by atoms with Crippen molar-refractivity contribution in [3.8, 4) is 5.75 Å². The molecule has 0 atom stereocenters. The molecule has 0 saturated carbocycles. The van der Waals surface area contributed by atoms with E-state index < -0.39 is 0 Å². The van der Waals surface area contributed by atoms with Crippen LogP contribution >= 0.6 is 0 Å². The van der Waals surface area contributed by atoms with Gasteiger partial charge in [0, 0.05) is 6.42 Å². The van der Waals surface area contributed by atoms with Crippen LogP contribution in [0.4, 0.5) is 0 Å². The van der Waals surface area contributed by atoms with Crippen LogP contribution in [0.25, 0.3) is 0 Å². The lowest BCUT2D eigenvalue weighted by Crippen LogP contribution is -2.07. The quantitative estimate of drug-likeness (QED) is 0.597. The Morgan fingerprint density at radius 1 is 1.07 bits per heavy atom. The molecule has 84 valence electrons. The number of ether oxygens (including phenoxy) is 1. The fourth-order valence-corrected chi connectivity index (χ4v) is 1.71. The highest BCUT2D eigenvalue weighted by Crippen LogP contribution is 2.24. The molecule has 3 heteroatoms. The summed E-state index contributed by atoms with van der Waals surface area (Å²) in [4.78, 5) is 4.48. The number of aryl methyl sites for hydroxylation is 3. The highest BCUT2D eigenvalue weighted by molar-refractivity contribution is 5.42. The minimum atomic E-state index is 0.532. The molecular weight excluding hydrogens is 190 g/mol. The Kier molecular flexibility index (Phi) is 4.59. The second-order valence-electron chi connectivity index (χ2n) is 3.80. The van der Waals surface area contributed by atoms with Crippen molar-refractivity contribution in [3.05, 3.63) is 28.8 Å². The minimum Gasteiger partial charge on any atom is -0.493 e. The van der Waals surface area contributed by atoms with Crippen LogP contribution in [0.2, 0.25) is 0 Å². The molecule has 3 nitrogen and oxygen atoms in total. The zero-order valence-electron chi connectivity index (χ0n) is 9.67. The van der Waals surface area contributed by atoms with E-state index in [2.05, 4.69) is 37.7 Å². The minimum absolute atomic E-state index is 0.532. The van der Waals surface area contributed by atoms with Crippen molar-refractivity contribution in [3.63, 3.8) is 0 Å². The van der Waals surface area contributed by atoms with Gasteiger partial charge in [-0.15, -0.1) is 0 Å². The van der Waals surface area contributed by atoms with Gasteiger partial charge in [-0.2, -0.15) is 0 Å². The molecule has 1 aromatic carbocycles. The summed E-state index contributed by atoms with van der Waals surface area (Å²) in [5, 5.41) is 0. The van der Waals surface area contributed by atoms with Crippen LogP contribution in [0.1, 0.15) is 23.1 Å². The summed E-state index contributed by atoms with van der Waals surface area (Å²) in [5.74, 6) is 5.92. The van der Waals surface area contributed by atoms with Crippen molar-refractivity contribution in [1.29, 1.82) is 0 Å². The molecule has 0 spiro atoms. The Bertz CT molecular complexity index is 300. The molecule has 0 heterocycles. The van der Waals surface area contributed by atoms with Crippen LogP contribution in [0.5, 0.6) is 5.75 Å². The van der Waals surface area contributed by atoms with E-state index in [4.69, 9.17) is 10.6 Å². The zero-order chi connectivity index (χ0) is 11.3. The number of nitrogens with two attached hydrogens (primary N) is 1. The van der Waals surface area contributed by atoms with Gasteiger partial charge in [0.25, 0.3) is 0 Å². The van der Waals surface area contributed by atoms with Gasteiger partial charge in [0.2, 0.25) is 0 Å². The third-order valence-electron chi connectivity index (χ3n) is 2.26. The number of hydrogen-bond donors (Lipinski definition) is 1. The van der Waals surface area contributed by atoms with E-state index in [0.717, 1.165) is 12.2 Å². The molecule has 2 N–H and O–H groups in total. The summed E-state index contributed by atoms with van der Waals surface area (Å²) in [5.41, 5.74) is 3.63. The molecule has 1 rings (SSSR count). The first-order chi connectivity index (χ1) is 7.15. The first kappa shape index (κ1) is 12.0. The summed E-state index contributed by atoms with van der Waals surface area (Å²) in [6.45, 7) is 7.39. The van der Waals surface area contributed by atoms with Gasteiger partial charge >= 0.3 is 0 Å². The van der Waals surface area contributed by atoms with Crippen LogP contribution in [0, 0.1) is 20.8 Å². The Labute approximate surface area is 91.1 Å². The fourth-order valence-electron chi connectivity index (χ4n) is 1.71. The fraction of sp³-hybridized carbons (Fsp3) is 0.500. The Morgan fingerprint density at radius 2 is 1.67 bits per heavy atom. The van der Waals surface area contributed by atoms with E-state index in [1.54, 1.807) is 0 Å². The maximum atomic E-state index is 5.69. The molecule has 0 saturated heterocycles. The highest BCUT2D eigenvalue weighted by atomic mass is 16.6. The lowest BCUT2D eigenvalue weighted by molar-refractivity contribution is 0.122. The second kappa shape index (κ2) is 5.73. The third kappa shape index (κ3) is 3.53. The molecule has 0 amide bonds.